The molecule has 1 aliphatic heterocycles. The Kier molecular flexibility index (Phi) is 6.81. The van der Waals surface area contributed by atoms with Gasteiger partial charge in [0.2, 0.25) is 0 Å². The molecule has 0 radical (unpaired) electrons. The number of aliphatic hydroxyl groups is 1. The minimum atomic E-state index is -0.723. The van der Waals surface area contributed by atoms with Gasteiger partial charge < -0.3 is 9.84 Å². The van der Waals surface area contributed by atoms with E-state index in [1.165, 1.54) is 36.8 Å². The number of ether oxygens (including phenoxy) is 1. The van der Waals surface area contributed by atoms with Gasteiger partial charge in [-0.1, -0.05) is 48.2 Å². The first-order valence-corrected chi connectivity index (χ1v) is 13.0. The number of nitrogens with one attached hydrogen (secondary N) is 1. The van der Waals surface area contributed by atoms with Crippen molar-refractivity contribution >= 4 is 28.5 Å². The summed E-state index contributed by atoms with van der Waals surface area (Å²) in [6.07, 6.45) is 9.57. The van der Waals surface area contributed by atoms with Gasteiger partial charge in [-0.2, -0.15) is 0 Å². The average molecular weight is 471 g/mol. The van der Waals surface area contributed by atoms with Gasteiger partial charge in [-0.3, -0.25) is 5.32 Å². The number of benzene rings is 1. The number of aromatic nitrogens is 1. The Balaban J connectivity index is 1.47. The highest BCUT2D eigenvalue weighted by Crippen LogP contribution is 2.46. The number of hydrogen-bond acceptors (Lipinski definition) is 5. The molecular weight excluding hydrogens is 440 g/mol. The molecule has 6 heteroatoms. The summed E-state index contributed by atoms with van der Waals surface area (Å²) >= 11 is 8.08. The van der Waals surface area contributed by atoms with Crippen LogP contribution < -0.4 is 5.32 Å². The molecule has 1 aromatic carbocycles. The molecule has 2 aliphatic carbocycles. The second-order valence-corrected chi connectivity index (χ2v) is 10.5. The second kappa shape index (κ2) is 9.78. The van der Waals surface area contributed by atoms with Crippen LogP contribution in [0.2, 0.25) is 5.02 Å². The smallest absolute Gasteiger partial charge is 0.132 e. The van der Waals surface area contributed by atoms with Gasteiger partial charge >= 0.3 is 0 Å². The summed E-state index contributed by atoms with van der Waals surface area (Å²) < 4.78 is 5.69. The third kappa shape index (κ3) is 4.59. The van der Waals surface area contributed by atoms with Crippen molar-refractivity contribution in [2.75, 3.05) is 6.61 Å². The largest absolute Gasteiger partial charge is 0.374 e. The van der Waals surface area contributed by atoms with Crippen LogP contribution in [0, 0.1) is 11.8 Å². The zero-order valence-corrected chi connectivity index (χ0v) is 20.1. The van der Waals surface area contributed by atoms with Gasteiger partial charge in [0.05, 0.1) is 10.7 Å². The van der Waals surface area contributed by atoms with Crippen molar-refractivity contribution in [2.24, 2.45) is 11.8 Å². The van der Waals surface area contributed by atoms with Crippen LogP contribution >= 0.6 is 22.9 Å². The van der Waals surface area contributed by atoms with Crippen molar-refractivity contribution in [1.82, 2.24) is 10.3 Å². The molecule has 1 aromatic heterocycles. The molecule has 3 unspecified atom stereocenters. The Morgan fingerprint density at radius 3 is 2.75 bits per heavy atom. The molecule has 2 aromatic rings. The van der Waals surface area contributed by atoms with E-state index in [1.807, 2.05) is 24.3 Å². The van der Waals surface area contributed by atoms with Crippen molar-refractivity contribution in [3.63, 3.8) is 0 Å². The van der Waals surface area contributed by atoms with Gasteiger partial charge in [-0.05, 0) is 74.2 Å². The zero-order chi connectivity index (χ0) is 22.1. The summed E-state index contributed by atoms with van der Waals surface area (Å²) in [5.41, 5.74) is 5.50. The lowest BCUT2D eigenvalue weighted by Gasteiger charge is -2.32. The standard InChI is InChI=1S/C26H31ClN2O2S/c1-16-13-20(17-7-2-3-8-17)21(14-19(16)25(30)29-24-11-6-12-31-24)23-15-32-26(28-23)18-9-4-5-10-22(18)27/h4-5,9-10,14-15,17,20,24-25,29-30H,2-3,6-8,11-13H2,1H3. The summed E-state index contributed by atoms with van der Waals surface area (Å²) in [6.45, 7) is 2.93. The molecule has 3 aliphatic rings. The minimum absolute atomic E-state index is 0.0687. The van der Waals surface area contributed by atoms with Crippen molar-refractivity contribution in [2.45, 2.75) is 64.3 Å². The van der Waals surface area contributed by atoms with Crippen LogP contribution in [0.1, 0.15) is 57.6 Å². The Bertz CT molecular complexity index is 1020. The van der Waals surface area contributed by atoms with Crippen LogP contribution in [-0.2, 0) is 4.74 Å². The van der Waals surface area contributed by atoms with E-state index in [4.69, 9.17) is 21.3 Å². The van der Waals surface area contributed by atoms with Crippen LogP contribution in [0.5, 0.6) is 0 Å². The molecule has 1 saturated carbocycles. The first-order chi connectivity index (χ1) is 15.6. The molecule has 32 heavy (non-hydrogen) atoms. The Hall–Kier alpha value is -1.50. The Labute approximate surface area is 199 Å². The van der Waals surface area contributed by atoms with E-state index in [9.17, 15) is 5.11 Å². The lowest BCUT2D eigenvalue weighted by Crippen LogP contribution is -2.39. The van der Waals surface area contributed by atoms with Crippen molar-refractivity contribution in [3.05, 3.63) is 57.6 Å². The molecule has 2 N–H and O–H groups in total. The summed E-state index contributed by atoms with van der Waals surface area (Å²) in [5, 5.41) is 18.1. The van der Waals surface area contributed by atoms with Crippen LogP contribution in [0.15, 0.2) is 46.9 Å². The lowest BCUT2D eigenvalue weighted by atomic mass is 9.74. The van der Waals surface area contributed by atoms with E-state index < -0.39 is 6.23 Å². The topological polar surface area (TPSA) is 54.4 Å². The molecule has 0 spiro atoms. The number of nitrogens with zero attached hydrogens (tertiary/aromatic N) is 1. The van der Waals surface area contributed by atoms with E-state index in [0.29, 0.717) is 11.8 Å². The maximum absolute atomic E-state index is 11.0. The van der Waals surface area contributed by atoms with Gasteiger partial charge in [0.1, 0.15) is 17.5 Å². The molecule has 0 bridgehead atoms. The maximum atomic E-state index is 11.0. The predicted octanol–water partition coefficient (Wildman–Crippen LogP) is 6.42. The van der Waals surface area contributed by atoms with Crippen LogP contribution in [0.4, 0.5) is 0 Å². The summed E-state index contributed by atoms with van der Waals surface area (Å²) in [6, 6.07) is 7.89. The molecule has 2 fully saturated rings. The number of allylic oxidation sites excluding steroid dienone is 2. The third-order valence-corrected chi connectivity index (χ3v) is 8.38. The number of thiazole rings is 1. The van der Waals surface area contributed by atoms with Crippen molar-refractivity contribution < 1.29 is 9.84 Å². The molecule has 5 rings (SSSR count). The lowest BCUT2D eigenvalue weighted by molar-refractivity contribution is 0.0351. The minimum Gasteiger partial charge on any atom is -0.374 e. The quantitative estimate of drug-likeness (QED) is 0.478. The highest BCUT2D eigenvalue weighted by Gasteiger charge is 2.34. The van der Waals surface area contributed by atoms with Crippen molar-refractivity contribution in [1.29, 1.82) is 0 Å². The fourth-order valence-corrected chi connectivity index (χ4v) is 6.60. The molecule has 0 amide bonds. The molecule has 170 valence electrons. The Morgan fingerprint density at radius 2 is 2.00 bits per heavy atom. The molecule has 2 heterocycles. The van der Waals surface area contributed by atoms with Crippen LogP contribution in [-0.4, -0.2) is 29.2 Å². The molecule has 1 saturated heterocycles. The SMILES string of the molecule is CC1=C(C(O)NC2CCCO2)C=C(c2csc(-c3ccccc3Cl)n2)C(C2CCCC2)C1. The van der Waals surface area contributed by atoms with Gasteiger partial charge in [-0.25, -0.2) is 4.98 Å². The summed E-state index contributed by atoms with van der Waals surface area (Å²) in [7, 11) is 0. The normalized spacial score (nSPS) is 25.4. The van der Waals surface area contributed by atoms with Crippen molar-refractivity contribution in [3.8, 4) is 10.6 Å². The third-order valence-electron chi connectivity index (χ3n) is 7.17. The highest BCUT2D eigenvalue weighted by molar-refractivity contribution is 7.13. The van der Waals surface area contributed by atoms with E-state index in [1.54, 1.807) is 11.3 Å². The fraction of sp³-hybridized carbons (Fsp3) is 0.500. The van der Waals surface area contributed by atoms with Gasteiger partial charge in [0, 0.05) is 17.6 Å². The van der Waals surface area contributed by atoms with E-state index in [2.05, 4.69) is 23.7 Å². The van der Waals surface area contributed by atoms with Crippen LogP contribution in [0.3, 0.4) is 0 Å². The fourth-order valence-electron chi connectivity index (χ4n) is 5.45. The highest BCUT2D eigenvalue weighted by atomic mass is 35.5. The average Bonchev–Trinajstić information content (AvgIpc) is 3.56. The monoisotopic (exact) mass is 470 g/mol. The van der Waals surface area contributed by atoms with Gasteiger partial charge in [0.25, 0.3) is 0 Å². The van der Waals surface area contributed by atoms with E-state index in [0.717, 1.165) is 52.7 Å². The number of hydrogen-bond donors (Lipinski definition) is 2. The number of halogens is 1. The van der Waals surface area contributed by atoms with E-state index in [-0.39, 0.29) is 6.23 Å². The molecule has 3 atom stereocenters. The number of aliphatic hydroxyl groups excluding tert-OH is 1. The first kappa shape index (κ1) is 22.3. The molecule has 4 nitrogen and oxygen atoms in total. The Morgan fingerprint density at radius 1 is 1.19 bits per heavy atom. The second-order valence-electron chi connectivity index (χ2n) is 9.28. The number of rotatable bonds is 6. The predicted molar refractivity (Wildman–Crippen MR) is 131 cm³/mol. The maximum Gasteiger partial charge on any atom is 0.132 e. The molecular formula is C26H31ClN2O2S. The zero-order valence-electron chi connectivity index (χ0n) is 18.5. The first-order valence-electron chi connectivity index (χ1n) is 11.8. The van der Waals surface area contributed by atoms with Crippen LogP contribution in [0.25, 0.3) is 16.1 Å². The van der Waals surface area contributed by atoms with Gasteiger partial charge in [0.15, 0.2) is 0 Å². The summed E-state index contributed by atoms with van der Waals surface area (Å²) in [5.74, 6) is 1.14. The summed E-state index contributed by atoms with van der Waals surface area (Å²) in [4.78, 5) is 5.03. The van der Waals surface area contributed by atoms with Gasteiger partial charge in [-0.15, -0.1) is 11.3 Å². The van der Waals surface area contributed by atoms with E-state index >= 15 is 0 Å².